The first-order chi connectivity index (χ1) is 6.24. The van der Waals surface area contributed by atoms with E-state index in [0.717, 1.165) is 25.2 Å². The lowest BCUT2D eigenvalue weighted by molar-refractivity contribution is -0.114. The minimum atomic E-state index is 0.270. The maximum Gasteiger partial charge on any atom is 0.157 e. The minimum absolute atomic E-state index is 0.270. The Balaban J connectivity index is 2.44. The molecule has 1 heterocycles. The van der Waals surface area contributed by atoms with E-state index in [1.807, 2.05) is 13.8 Å². The van der Waals surface area contributed by atoms with E-state index in [9.17, 15) is 4.79 Å². The van der Waals surface area contributed by atoms with Crippen LogP contribution in [0.5, 0.6) is 0 Å². The van der Waals surface area contributed by atoms with Crippen LogP contribution in [0.3, 0.4) is 0 Å². The molecular weight excluding hydrogens is 162 g/mol. The zero-order valence-corrected chi connectivity index (χ0v) is 8.68. The van der Waals surface area contributed by atoms with Crippen LogP contribution in [0.2, 0.25) is 0 Å². The lowest BCUT2D eigenvalue weighted by Crippen LogP contribution is -2.17. The summed E-state index contributed by atoms with van der Waals surface area (Å²) in [6.45, 7) is 6.33. The van der Waals surface area contributed by atoms with E-state index in [2.05, 4.69) is 4.90 Å². The number of carbonyl (C=O) groups is 1. The molecule has 74 valence electrons. The maximum absolute atomic E-state index is 11.3. The van der Waals surface area contributed by atoms with Gasteiger partial charge in [-0.1, -0.05) is 6.92 Å². The molecule has 0 radical (unpaired) electrons. The Kier molecular flexibility index (Phi) is 4.00. The summed E-state index contributed by atoms with van der Waals surface area (Å²) < 4.78 is 0. The molecule has 1 saturated heterocycles. The first-order valence-electron chi connectivity index (χ1n) is 5.20. The molecule has 1 aliphatic rings. The van der Waals surface area contributed by atoms with Crippen LogP contribution in [0.4, 0.5) is 0 Å². The Hall–Kier alpha value is -0.790. The third-order valence-electron chi connectivity index (χ3n) is 2.47. The van der Waals surface area contributed by atoms with Gasteiger partial charge in [0.05, 0.1) is 0 Å². The molecular formula is C11H19NO. The fourth-order valence-corrected chi connectivity index (χ4v) is 1.71. The largest absolute Gasteiger partial charge is 0.375 e. The number of hydrogen-bond acceptors (Lipinski definition) is 2. The molecule has 1 aliphatic heterocycles. The third kappa shape index (κ3) is 3.21. The van der Waals surface area contributed by atoms with Crippen LogP contribution in [0.25, 0.3) is 0 Å². The molecule has 1 fully saturated rings. The van der Waals surface area contributed by atoms with E-state index in [4.69, 9.17) is 0 Å². The molecule has 2 nitrogen and oxygen atoms in total. The topological polar surface area (TPSA) is 20.3 Å². The summed E-state index contributed by atoms with van der Waals surface area (Å²) in [5, 5.41) is 0. The van der Waals surface area contributed by atoms with Crippen LogP contribution in [-0.2, 0) is 4.79 Å². The summed E-state index contributed by atoms with van der Waals surface area (Å²) in [7, 11) is 0. The van der Waals surface area contributed by atoms with Gasteiger partial charge in [0.15, 0.2) is 5.78 Å². The minimum Gasteiger partial charge on any atom is -0.375 e. The highest BCUT2D eigenvalue weighted by Gasteiger charge is 2.11. The number of carbonyl (C=O) groups excluding carboxylic acids is 1. The average Bonchev–Trinajstić information content (AvgIpc) is 2.55. The Bertz CT molecular complexity index is 202. The summed E-state index contributed by atoms with van der Waals surface area (Å²) in [5.41, 5.74) is 1.15. The van der Waals surface area contributed by atoms with Crippen LogP contribution in [-0.4, -0.2) is 23.8 Å². The molecule has 0 saturated carbocycles. The van der Waals surface area contributed by atoms with Gasteiger partial charge in [0.1, 0.15) is 0 Å². The predicted octanol–water partition coefficient (Wildman–Crippen LogP) is 2.36. The van der Waals surface area contributed by atoms with Crippen molar-refractivity contribution in [2.75, 3.05) is 13.1 Å². The monoisotopic (exact) mass is 181 g/mol. The number of rotatable bonds is 4. The van der Waals surface area contributed by atoms with Crippen molar-refractivity contribution in [3.05, 3.63) is 11.8 Å². The van der Waals surface area contributed by atoms with E-state index in [1.54, 1.807) is 6.08 Å². The molecule has 0 unspecified atom stereocenters. The Morgan fingerprint density at radius 3 is 2.54 bits per heavy atom. The second-order valence-corrected chi connectivity index (χ2v) is 3.70. The molecule has 0 N–H and O–H groups in total. The van der Waals surface area contributed by atoms with Crippen molar-refractivity contribution in [1.29, 1.82) is 0 Å². The normalized spacial score (nSPS) is 18.0. The quantitative estimate of drug-likeness (QED) is 0.620. The van der Waals surface area contributed by atoms with E-state index in [1.165, 1.54) is 12.8 Å². The van der Waals surface area contributed by atoms with Crippen molar-refractivity contribution >= 4 is 5.78 Å². The summed E-state index contributed by atoms with van der Waals surface area (Å²) in [6, 6.07) is 0. The van der Waals surface area contributed by atoms with Crippen molar-refractivity contribution in [2.45, 2.75) is 39.5 Å². The van der Waals surface area contributed by atoms with Crippen LogP contribution < -0.4 is 0 Å². The maximum atomic E-state index is 11.3. The van der Waals surface area contributed by atoms with Crippen LogP contribution in [0, 0.1) is 0 Å². The molecule has 0 aromatic carbocycles. The molecule has 1 rings (SSSR count). The molecule has 13 heavy (non-hydrogen) atoms. The molecule has 0 spiro atoms. The van der Waals surface area contributed by atoms with E-state index in [-0.39, 0.29) is 5.78 Å². The van der Waals surface area contributed by atoms with Crippen molar-refractivity contribution < 1.29 is 4.79 Å². The van der Waals surface area contributed by atoms with Crippen LogP contribution in [0.1, 0.15) is 39.5 Å². The average molecular weight is 181 g/mol. The van der Waals surface area contributed by atoms with Crippen LogP contribution in [0.15, 0.2) is 11.8 Å². The second-order valence-electron chi connectivity index (χ2n) is 3.70. The molecule has 0 aromatic rings. The fourth-order valence-electron chi connectivity index (χ4n) is 1.71. The van der Waals surface area contributed by atoms with Gasteiger partial charge in [0.25, 0.3) is 0 Å². The van der Waals surface area contributed by atoms with Gasteiger partial charge in [0, 0.05) is 25.2 Å². The van der Waals surface area contributed by atoms with Crippen LogP contribution >= 0.6 is 0 Å². The fraction of sp³-hybridized carbons (Fsp3) is 0.727. The molecule has 0 aromatic heterocycles. The Morgan fingerprint density at radius 2 is 2.00 bits per heavy atom. The third-order valence-corrected chi connectivity index (χ3v) is 2.47. The van der Waals surface area contributed by atoms with Crippen molar-refractivity contribution in [3.63, 3.8) is 0 Å². The van der Waals surface area contributed by atoms with Gasteiger partial charge in [-0.05, 0) is 32.3 Å². The Labute approximate surface area is 80.6 Å². The van der Waals surface area contributed by atoms with E-state index in [0.29, 0.717) is 6.42 Å². The first kappa shape index (κ1) is 10.3. The number of likely N-dealkylation sites (tertiary alicyclic amines) is 1. The summed E-state index contributed by atoms with van der Waals surface area (Å²) in [6.07, 6.45) is 5.98. The predicted molar refractivity (Wildman–Crippen MR) is 54.5 cm³/mol. The highest BCUT2D eigenvalue weighted by molar-refractivity contribution is 5.90. The number of nitrogens with zero attached hydrogens (tertiary/aromatic N) is 1. The highest BCUT2D eigenvalue weighted by Crippen LogP contribution is 2.14. The standard InChI is InChI=1S/C11H19NO/c1-3-6-11(13)9-10(2)12-7-4-5-8-12/h9H,3-8H2,1-2H3/b10-9-. The molecule has 2 heteroatoms. The summed E-state index contributed by atoms with van der Waals surface area (Å²) in [5.74, 6) is 0.270. The summed E-state index contributed by atoms with van der Waals surface area (Å²) >= 11 is 0. The lowest BCUT2D eigenvalue weighted by Gasteiger charge is -2.17. The molecule has 0 amide bonds. The summed E-state index contributed by atoms with van der Waals surface area (Å²) in [4.78, 5) is 13.6. The first-order valence-corrected chi connectivity index (χ1v) is 5.20. The lowest BCUT2D eigenvalue weighted by atomic mass is 10.2. The van der Waals surface area contributed by atoms with Crippen molar-refractivity contribution in [1.82, 2.24) is 4.90 Å². The number of hydrogen-bond donors (Lipinski definition) is 0. The van der Waals surface area contributed by atoms with Gasteiger partial charge in [-0.25, -0.2) is 0 Å². The van der Waals surface area contributed by atoms with Gasteiger partial charge in [-0.15, -0.1) is 0 Å². The number of allylic oxidation sites excluding steroid dienone is 2. The van der Waals surface area contributed by atoms with Gasteiger partial charge >= 0.3 is 0 Å². The van der Waals surface area contributed by atoms with E-state index < -0.39 is 0 Å². The SMILES string of the molecule is CCCC(=O)/C=C(/C)N1CCCC1. The van der Waals surface area contributed by atoms with Crippen molar-refractivity contribution in [2.24, 2.45) is 0 Å². The highest BCUT2D eigenvalue weighted by atomic mass is 16.1. The van der Waals surface area contributed by atoms with Crippen molar-refractivity contribution in [3.8, 4) is 0 Å². The molecule has 0 atom stereocenters. The Morgan fingerprint density at radius 1 is 1.38 bits per heavy atom. The zero-order chi connectivity index (χ0) is 9.68. The van der Waals surface area contributed by atoms with E-state index >= 15 is 0 Å². The zero-order valence-electron chi connectivity index (χ0n) is 8.68. The van der Waals surface area contributed by atoms with Gasteiger partial charge in [0.2, 0.25) is 0 Å². The molecule has 0 bridgehead atoms. The number of ketones is 1. The smallest absolute Gasteiger partial charge is 0.157 e. The van der Waals surface area contributed by atoms with Gasteiger partial charge in [-0.2, -0.15) is 0 Å². The second kappa shape index (κ2) is 5.05. The van der Waals surface area contributed by atoms with Gasteiger partial charge < -0.3 is 4.90 Å². The van der Waals surface area contributed by atoms with Gasteiger partial charge in [-0.3, -0.25) is 4.79 Å². The molecule has 0 aliphatic carbocycles.